The molecule has 0 radical (unpaired) electrons. The molecule has 3 aromatic rings. The van der Waals surface area contributed by atoms with Gasteiger partial charge in [0, 0.05) is 28.7 Å². The van der Waals surface area contributed by atoms with Crippen molar-refractivity contribution in [2.24, 2.45) is 0 Å². The SMILES string of the molecule is COC(=O)c1cc(Oc2ccc(NC(=O)Nc3ccc(Cl)c(C)c3)cc2)ccn1. The lowest BCUT2D eigenvalue weighted by molar-refractivity contribution is 0.0593. The molecule has 0 bridgehead atoms. The van der Waals surface area contributed by atoms with E-state index < -0.39 is 5.97 Å². The summed E-state index contributed by atoms with van der Waals surface area (Å²) in [6.45, 7) is 1.86. The molecule has 3 rings (SSSR count). The largest absolute Gasteiger partial charge is 0.464 e. The number of carbonyl (C=O) groups excluding carboxylic acids is 2. The van der Waals surface area contributed by atoms with Crippen molar-refractivity contribution >= 4 is 35.0 Å². The van der Waals surface area contributed by atoms with Gasteiger partial charge in [-0.25, -0.2) is 14.6 Å². The van der Waals surface area contributed by atoms with Crippen molar-refractivity contribution in [3.63, 3.8) is 0 Å². The lowest BCUT2D eigenvalue weighted by Crippen LogP contribution is -2.19. The topological polar surface area (TPSA) is 89.5 Å². The Labute approximate surface area is 172 Å². The summed E-state index contributed by atoms with van der Waals surface area (Å²) in [7, 11) is 1.29. The minimum absolute atomic E-state index is 0.150. The van der Waals surface area contributed by atoms with E-state index in [-0.39, 0.29) is 11.7 Å². The van der Waals surface area contributed by atoms with Gasteiger partial charge in [-0.1, -0.05) is 11.6 Å². The molecular formula is C21H18ClN3O4. The van der Waals surface area contributed by atoms with Crippen LogP contribution in [0.5, 0.6) is 11.5 Å². The number of nitrogens with zero attached hydrogens (tertiary/aromatic N) is 1. The molecule has 0 atom stereocenters. The van der Waals surface area contributed by atoms with E-state index in [0.717, 1.165) is 5.56 Å². The summed E-state index contributed by atoms with van der Waals surface area (Å²) < 4.78 is 10.3. The van der Waals surface area contributed by atoms with Crippen LogP contribution in [0.15, 0.2) is 60.8 Å². The molecule has 0 saturated carbocycles. The Bertz CT molecular complexity index is 1040. The number of rotatable bonds is 5. The molecule has 0 aliphatic carbocycles. The van der Waals surface area contributed by atoms with Crippen molar-refractivity contribution in [2.75, 3.05) is 17.7 Å². The first-order chi connectivity index (χ1) is 13.9. The maximum atomic E-state index is 12.1. The molecule has 1 heterocycles. The molecule has 148 valence electrons. The Balaban J connectivity index is 1.60. The van der Waals surface area contributed by atoms with Gasteiger partial charge in [0.15, 0.2) is 5.69 Å². The molecule has 29 heavy (non-hydrogen) atoms. The normalized spacial score (nSPS) is 10.2. The maximum absolute atomic E-state index is 12.1. The van der Waals surface area contributed by atoms with E-state index >= 15 is 0 Å². The summed E-state index contributed by atoms with van der Waals surface area (Å²) in [6, 6.07) is 14.8. The predicted molar refractivity (Wildman–Crippen MR) is 111 cm³/mol. The quantitative estimate of drug-likeness (QED) is 0.558. The zero-order valence-corrected chi connectivity index (χ0v) is 16.5. The fraction of sp³-hybridized carbons (Fsp3) is 0.0952. The molecule has 2 N–H and O–H groups in total. The van der Waals surface area contributed by atoms with E-state index in [0.29, 0.717) is 27.9 Å². The van der Waals surface area contributed by atoms with E-state index in [1.54, 1.807) is 48.5 Å². The second-order valence-corrected chi connectivity index (χ2v) is 6.45. The Kier molecular flexibility index (Phi) is 6.31. The van der Waals surface area contributed by atoms with Gasteiger partial charge in [0.25, 0.3) is 0 Å². The first kappa shape index (κ1) is 20.2. The Morgan fingerprint density at radius 3 is 2.31 bits per heavy atom. The number of nitrogens with one attached hydrogen (secondary N) is 2. The molecule has 2 amide bonds. The van der Waals surface area contributed by atoms with Crippen LogP contribution >= 0.6 is 11.6 Å². The molecular weight excluding hydrogens is 394 g/mol. The molecule has 0 fully saturated rings. The van der Waals surface area contributed by atoms with Gasteiger partial charge in [-0.3, -0.25) is 0 Å². The van der Waals surface area contributed by atoms with Crippen LogP contribution in [0.4, 0.5) is 16.2 Å². The van der Waals surface area contributed by atoms with Crippen LogP contribution in [0.3, 0.4) is 0 Å². The molecule has 1 aromatic heterocycles. The van der Waals surface area contributed by atoms with Crippen molar-refractivity contribution < 1.29 is 19.1 Å². The van der Waals surface area contributed by atoms with Crippen LogP contribution in [-0.2, 0) is 4.74 Å². The number of hydrogen-bond acceptors (Lipinski definition) is 5. The molecule has 0 aliphatic rings. The van der Waals surface area contributed by atoms with E-state index in [4.69, 9.17) is 16.3 Å². The minimum atomic E-state index is -0.545. The van der Waals surface area contributed by atoms with Gasteiger partial charge in [-0.05, 0) is 61.0 Å². The number of amides is 2. The predicted octanol–water partition coefficient (Wildman–Crippen LogP) is 5.27. The van der Waals surface area contributed by atoms with Gasteiger partial charge in [0.05, 0.1) is 7.11 Å². The number of esters is 1. The second-order valence-electron chi connectivity index (χ2n) is 6.04. The first-order valence-electron chi connectivity index (χ1n) is 8.61. The first-order valence-corrected chi connectivity index (χ1v) is 8.99. The molecule has 2 aromatic carbocycles. The van der Waals surface area contributed by atoms with Gasteiger partial charge in [0.2, 0.25) is 0 Å². The van der Waals surface area contributed by atoms with Crippen LogP contribution in [0.1, 0.15) is 16.1 Å². The highest BCUT2D eigenvalue weighted by atomic mass is 35.5. The molecule has 0 saturated heterocycles. The number of aromatic nitrogens is 1. The highest BCUT2D eigenvalue weighted by Crippen LogP contribution is 2.24. The number of hydrogen-bond donors (Lipinski definition) is 2. The number of benzene rings is 2. The van der Waals surface area contributed by atoms with Gasteiger partial charge < -0.3 is 20.1 Å². The Hall–Kier alpha value is -3.58. The standard InChI is InChI=1S/C21H18ClN3O4/c1-13-11-15(5-8-18(13)22)25-21(27)24-14-3-6-16(7-4-14)29-17-9-10-23-19(12-17)20(26)28-2/h3-12H,1-2H3,(H2,24,25,27). The number of pyridine rings is 1. The lowest BCUT2D eigenvalue weighted by atomic mass is 10.2. The summed E-state index contributed by atoms with van der Waals surface area (Å²) in [5.41, 5.74) is 2.25. The van der Waals surface area contributed by atoms with E-state index in [1.165, 1.54) is 19.4 Å². The van der Waals surface area contributed by atoms with Gasteiger partial charge in [0.1, 0.15) is 11.5 Å². The minimum Gasteiger partial charge on any atom is -0.464 e. The van der Waals surface area contributed by atoms with Crippen molar-refractivity contribution in [3.05, 3.63) is 77.1 Å². The van der Waals surface area contributed by atoms with Gasteiger partial charge in [-0.2, -0.15) is 0 Å². The third kappa shape index (κ3) is 5.46. The van der Waals surface area contributed by atoms with Crippen LogP contribution in [0.2, 0.25) is 5.02 Å². The Morgan fingerprint density at radius 1 is 0.931 bits per heavy atom. The average Bonchev–Trinajstić information content (AvgIpc) is 2.72. The highest BCUT2D eigenvalue weighted by Gasteiger charge is 2.09. The van der Waals surface area contributed by atoms with Crippen LogP contribution in [0, 0.1) is 6.92 Å². The second kappa shape index (κ2) is 9.07. The van der Waals surface area contributed by atoms with Crippen molar-refractivity contribution in [1.29, 1.82) is 0 Å². The number of methoxy groups -OCH3 is 1. The van der Waals surface area contributed by atoms with Crippen LogP contribution < -0.4 is 15.4 Å². The Morgan fingerprint density at radius 2 is 1.62 bits per heavy atom. The molecule has 0 spiro atoms. The lowest BCUT2D eigenvalue weighted by Gasteiger charge is -2.10. The molecule has 0 aliphatic heterocycles. The zero-order valence-electron chi connectivity index (χ0n) is 15.7. The number of urea groups is 1. The summed E-state index contributed by atoms with van der Waals surface area (Å²) >= 11 is 5.98. The average molecular weight is 412 g/mol. The fourth-order valence-electron chi connectivity index (χ4n) is 2.45. The summed E-state index contributed by atoms with van der Waals surface area (Å²) in [5.74, 6) is 0.431. The molecule has 8 heteroatoms. The van der Waals surface area contributed by atoms with E-state index in [2.05, 4.69) is 20.4 Å². The monoisotopic (exact) mass is 411 g/mol. The maximum Gasteiger partial charge on any atom is 0.356 e. The number of ether oxygens (including phenoxy) is 2. The third-order valence-corrected chi connectivity index (χ3v) is 4.31. The molecule has 7 nitrogen and oxygen atoms in total. The number of carbonyl (C=O) groups is 2. The van der Waals surface area contributed by atoms with Gasteiger partial charge >= 0.3 is 12.0 Å². The third-order valence-electron chi connectivity index (χ3n) is 3.89. The van der Waals surface area contributed by atoms with Crippen molar-refractivity contribution in [3.8, 4) is 11.5 Å². The summed E-state index contributed by atoms with van der Waals surface area (Å²) in [5, 5.41) is 6.12. The van der Waals surface area contributed by atoms with Gasteiger partial charge in [-0.15, -0.1) is 0 Å². The smallest absolute Gasteiger partial charge is 0.356 e. The van der Waals surface area contributed by atoms with Crippen LogP contribution in [-0.4, -0.2) is 24.1 Å². The number of halogens is 1. The van der Waals surface area contributed by atoms with Crippen molar-refractivity contribution in [1.82, 2.24) is 4.98 Å². The highest BCUT2D eigenvalue weighted by molar-refractivity contribution is 6.31. The number of anilines is 2. The number of aryl methyl sites for hydroxylation is 1. The zero-order chi connectivity index (χ0) is 20.8. The van der Waals surface area contributed by atoms with Crippen molar-refractivity contribution in [2.45, 2.75) is 6.92 Å². The summed E-state index contributed by atoms with van der Waals surface area (Å²) in [4.78, 5) is 27.6. The van der Waals surface area contributed by atoms with E-state index in [9.17, 15) is 9.59 Å². The fourth-order valence-corrected chi connectivity index (χ4v) is 2.57. The van der Waals surface area contributed by atoms with E-state index in [1.807, 2.05) is 6.92 Å². The van der Waals surface area contributed by atoms with Crippen LogP contribution in [0.25, 0.3) is 0 Å². The summed E-state index contributed by atoms with van der Waals surface area (Å²) in [6.07, 6.45) is 1.46. The molecule has 0 unspecified atom stereocenters.